The molecule has 11 heavy (non-hydrogen) atoms. The smallest absolute Gasteiger partial charge is 0.311 e. The molecule has 0 saturated carbocycles. The van der Waals surface area contributed by atoms with Crippen molar-refractivity contribution in [2.45, 2.75) is 6.42 Å². The quantitative estimate of drug-likeness (QED) is 0.652. The zero-order valence-electron chi connectivity index (χ0n) is 6.03. The maximum absolute atomic E-state index is 10.4. The van der Waals surface area contributed by atoms with E-state index in [4.69, 9.17) is 10.5 Å². The van der Waals surface area contributed by atoms with Crippen molar-refractivity contribution in [3.63, 3.8) is 0 Å². The first kappa shape index (κ1) is 7.59. The summed E-state index contributed by atoms with van der Waals surface area (Å²) < 4.78 is 9.33. The fourth-order valence-electron chi connectivity index (χ4n) is 0.650. The van der Waals surface area contributed by atoms with E-state index in [-0.39, 0.29) is 12.4 Å². The number of nitrogens with two attached hydrogens (primary N) is 1. The number of primary amides is 1. The van der Waals surface area contributed by atoms with E-state index >= 15 is 0 Å². The van der Waals surface area contributed by atoms with Crippen LogP contribution in [0.4, 0.5) is 0 Å². The molecule has 1 amide bonds. The highest BCUT2D eigenvalue weighted by molar-refractivity contribution is 5.76. The molecule has 0 saturated heterocycles. The van der Waals surface area contributed by atoms with Crippen molar-refractivity contribution in [1.82, 2.24) is 5.16 Å². The van der Waals surface area contributed by atoms with Crippen LogP contribution in [0.2, 0.25) is 0 Å². The van der Waals surface area contributed by atoms with Crippen molar-refractivity contribution in [3.8, 4) is 5.95 Å². The molecule has 0 aliphatic carbocycles. The molecule has 1 aromatic heterocycles. The minimum Gasteiger partial charge on any atom is -0.467 e. The van der Waals surface area contributed by atoms with Crippen LogP contribution in [0, 0.1) is 0 Å². The van der Waals surface area contributed by atoms with E-state index in [0.29, 0.717) is 5.69 Å². The lowest BCUT2D eigenvalue weighted by Gasteiger charge is -1.85. The average Bonchev–Trinajstić information content (AvgIpc) is 2.34. The molecule has 1 heterocycles. The van der Waals surface area contributed by atoms with Gasteiger partial charge in [-0.25, -0.2) is 0 Å². The van der Waals surface area contributed by atoms with Crippen molar-refractivity contribution < 1.29 is 14.1 Å². The van der Waals surface area contributed by atoms with Gasteiger partial charge in [0.1, 0.15) is 0 Å². The summed E-state index contributed by atoms with van der Waals surface area (Å²) in [5.74, 6) is -0.165. The summed E-state index contributed by atoms with van der Waals surface area (Å²) in [6.45, 7) is 0. The van der Waals surface area contributed by atoms with E-state index in [1.807, 2.05) is 0 Å². The molecule has 0 bridgehead atoms. The molecule has 0 spiro atoms. The Morgan fingerprint density at radius 1 is 1.91 bits per heavy atom. The van der Waals surface area contributed by atoms with Crippen LogP contribution >= 0.6 is 0 Å². The van der Waals surface area contributed by atoms with E-state index in [2.05, 4.69) is 9.68 Å². The van der Waals surface area contributed by atoms with Crippen molar-refractivity contribution in [2.24, 2.45) is 5.73 Å². The second-order valence-corrected chi connectivity index (χ2v) is 1.98. The van der Waals surface area contributed by atoms with Gasteiger partial charge in [-0.15, -0.1) is 0 Å². The third-order valence-electron chi connectivity index (χ3n) is 1.09. The molecular formula is C6H8N2O3. The van der Waals surface area contributed by atoms with Crippen molar-refractivity contribution in [3.05, 3.63) is 11.8 Å². The molecule has 5 nitrogen and oxygen atoms in total. The summed E-state index contributed by atoms with van der Waals surface area (Å²) in [6, 6.07) is 1.52. The standard InChI is InChI=1S/C6H8N2O3/c1-10-6-3-4(8-11-6)2-5(7)9/h3H,2H2,1H3,(H2,7,9). The normalized spacial score (nSPS) is 9.55. The monoisotopic (exact) mass is 156 g/mol. The van der Waals surface area contributed by atoms with Crippen molar-refractivity contribution in [2.75, 3.05) is 7.11 Å². The lowest BCUT2D eigenvalue weighted by molar-refractivity contribution is -0.117. The molecule has 0 atom stereocenters. The minimum absolute atomic E-state index is 0.0762. The molecule has 0 unspecified atom stereocenters. The Morgan fingerprint density at radius 2 is 2.64 bits per heavy atom. The van der Waals surface area contributed by atoms with Gasteiger partial charge in [0.05, 0.1) is 19.2 Å². The number of hydrogen-bond donors (Lipinski definition) is 1. The van der Waals surface area contributed by atoms with E-state index in [1.54, 1.807) is 0 Å². The third kappa shape index (κ3) is 1.96. The zero-order valence-corrected chi connectivity index (χ0v) is 6.03. The van der Waals surface area contributed by atoms with Crippen LogP contribution in [0.15, 0.2) is 10.6 Å². The molecule has 2 N–H and O–H groups in total. The van der Waals surface area contributed by atoms with E-state index in [1.165, 1.54) is 13.2 Å². The summed E-state index contributed by atoms with van der Waals surface area (Å²) in [5, 5.41) is 3.53. The largest absolute Gasteiger partial charge is 0.467 e. The van der Waals surface area contributed by atoms with Gasteiger partial charge >= 0.3 is 5.95 Å². The van der Waals surface area contributed by atoms with Gasteiger partial charge in [-0.2, -0.15) is 0 Å². The van der Waals surface area contributed by atoms with Crippen LogP contribution in [0.3, 0.4) is 0 Å². The molecule has 5 heteroatoms. The van der Waals surface area contributed by atoms with Crippen LogP contribution in [0.25, 0.3) is 0 Å². The lowest BCUT2D eigenvalue weighted by atomic mass is 10.3. The second-order valence-electron chi connectivity index (χ2n) is 1.98. The van der Waals surface area contributed by atoms with Gasteiger partial charge in [0.15, 0.2) is 0 Å². The first-order valence-electron chi connectivity index (χ1n) is 3.00. The number of hydrogen-bond acceptors (Lipinski definition) is 4. The van der Waals surface area contributed by atoms with Crippen LogP contribution < -0.4 is 10.5 Å². The fourth-order valence-corrected chi connectivity index (χ4v) is 0.650. The van der Waals surface area contributed by atoms with Crippen molar-refractivity contribution >= 4 is 5.91 Å². The highest BCUT2D eigenvalue weighted by Gasteiger charge is 2.05. The fraction of sp³-hybridized carbons (Fsp3) is 0.333. The molecular weight excluding hydrogens is 148 g/mol. The number of aromatic nitrogens is 1. The molecule has 60 valence electrons. The van der Waals surface area contributed by atoms with Gasteiger partial charge in [0.25, 0.3) is 0 Å². The van der Waals surface area contributed by atoms with Gasteiger partial charge in [0.2, 0.25) is 5.91 Å². The van der Waals surface area contributed by atoms with Gasteiger partial charge in [0, 0.05) is 6.07 Å². The Balaban J connectivity index is 2.65. The Bertz CT molecular complexity index is 256. The molecule has 1 rings (SSSR count). The summed E-state index contributed by atoms with van der Waals surface area (Å²) >= 11 is 0. The second kappa shape index (κ2) is 3.05. The van der Waals surface area contributed by atoms with Crippen LogP contribution in [-0.4, -0.2) is 18.2 Å². The highest BCUT2D eigenvalue weighted by atomic mass is 16.6. The maximum Gasteiger partial charge on any atom is 0.311 e. The Labute approximate surface area is 63.1 Å². The number of amides is 1. The van der Waals surface area contributed by atoms with Crippen molar-refractivity contribution in [1.29, 1.82) is 0 Å². The zero-order chi connectivity index (χ0) is 8.27. The Hall–Kier alpha value is -1.52. The predicted molar refractivity (Wildman–Crippen MR) is 36.0 cm³/mol. The average molecular weight is 156 g/mol. The molecule has 0 aliphatic heterocycles. The number of carbonyl (C=O) groups excluding carboxylic acids is 1. The number of ether oxygens (including phenoxy) is 1. The molecule has 0 aliphatic rings. The summed E-state index contributed by atoms with van der Waals surface area (Å²) in [4.78, 5) is 10.4. The number of methoxy groups -OCH3 is 1. The van der Waals surface area contributed by atoms with E-state index < -0.39 is 5.91 Å². The molecule has 1 aromatic rings. The van der Waals surface area contributed by atoms with E-state index in [0.717, 1.165) is 0 Å². The molecule has 0 radical (unpaired) electrons. The first-order chi connectivity index (χ1) is 5.22. The Morgan fingerprint density at radius 3 is 3.09 bits per heavy atom. The molecule has 0 fully saturated rings. The summed E-state index contributed by atoms with van der Waals surface area (Å²) in [6.07, 6.45) is 0.0762. The molecule has 0 aromatic carbocycles. The van der Waals surface area contributed by atoms with E-state index in [9.17, 15) is 4.79 Å². The first-order valence-corrected chi connectivity index (χ1v) is 3.00. The topological polar surface area (TPSA) is 78.4 Å². The predicted octanol–water partition coefficient (Wildman–Crippen LogP) is -0.289. The van der Waals surface area contributed by atoms with Crippen LogP contribution in [0.5, 0.6) is 5.95 Å². The van der Waals surface area contributed by atoms with Gasteiger partial charge in [-0.05, 0) is 0 Å². The Kier molecular flexibility index (Phi) is 2.10. The van der Waals surface area contributed by atoms with Crippen LogP contribution in [-0.2, 0) is 11.2 Å². The number of nitrogens with zero attached hydrogens (tertiary/aromatic N) is 1. The SMILES string of the molecule is COc1cc(CC(N)=O)no1. The number of carbonyl (C=O) groups is 1. The van der Waals surface area contributed by atoms with Gasteiger partial charge in [-0.3, -0.25) is 4.79 Å². The highest BCUT2D eigenvalue weighted by Crippen LogP contribution is 2.11. The number of rotatable bonds is 3. The van der Waals surface area contributed by atoms with Gasteiger partial charge in [-0.1, -0.05) is 5.16 Å². The summed E-state index contributed by atoms with van der Waals surface area (Å²) in [5.41, 5.74) is 5.39. The summed E-state index contributed by atoms with van der Waals surface area (Å²) in [7, 11) is 1.45. The third-order valence-corrected chi connectivity index (χ3v) is 1.09. The van der Waals surface area contributed by atoms with Crippen LogP contribution in [0.1, 0.15) is 5.69 Å². The van der Waals surface area contributed by atoms with Gasteiger partial charge < -0.3 is 15.0 Å². The minimum atomic E-state index is -0.444. The maximum atomic E-state index is 10.4. The lowest BCUT2D eigenvalue weighted by Crippen LogP contribution is -2.13.